The van der Waals surface area contributed by atoms with E-state index in [-0.39, 0.29) is 12.0 Å². The van der Waals surface area contributed by atoms with E-state index in [1.807, 2.05) is 61.5 Å². The van der Waals surface area contributed by atoms with Crippen LogP contribution in [0.25, 0.3) is 6.08 Å². The van der Waals surface area contributed by atoms with Crippen LogP contribution in [0, 0.1) is 24.7 Å². The topological polar surface area (TPSA) is 38.3 Å². The van der Waals surface area contributed by atoms with E-state index >= 15 is 0 Å². The lowest BCUT2D eigenvalue weighted by Gasteiger charge is -2.27. The third-order valence-corrected chi connectivity index (χ3v) is 4.07. The summed E-state index contributed by atoms with van der Waals surface area (Å²) in [5, 5.41) is 2.91. The van der Waals surface area contributed by atoms with Crippen molar-refractivity contribution in [2.45, 2.75) is 13.0 Å². The second-order valence-electron chi connectivity index (χ2n) is 5.76. The Morgan fingerprint density at radius 3 is 2.62 bits per heavy atom. The van der Waals surface area contributed by atoms with Gasteiger partial charge in [-0.05, 0) is 30.2 Å². The first-order valence-corrected chi connectivity index (χ1v) is 7.87. The molecule has 0 bridgehead atoms. The zero-order valence-corrected chi connectivity index (χ0v) is 13.7. The van der Waals surface area contributed by atoms with Crippen LogP contribution in [-0.2, 0) is 4.74 Å². The van der Waals surface area contributed by atoms with Crippen LogP contribution in [-0.4, -0.2) is 13.2 Å². The maximum Gasteiger partial charge on any atom is 0.407 e. The number of ether oxygens (including phenoxy) is 1. The zero-order valence-electron chi connectivity index (χ0n) is 13.7. The molecule has 1 amide bonds. The molecule has 2 atom stereocenters. The molecule has 0 saturated heterocycles. The molecule has 1 aliphatic carbocycles. The molecule has 3 nitrogen and oxygen atoms in total. The number of nitrogens with one attached hydrogen (secondary N) is 1. The number of carbonyl (C=O) groups is 1. The monoisotopic (exact) mass is 317 g/mol. The maximum absolute atomic E-state index is 11.7. The average Bonchev–Trinajstić information content (AvgIpc) is 2.62. The Kier molecular flexibility index (Phi) is 4.67. The molecule has 3 heteroatoms. The van der Waals surface area contributed by atoms with E-state index in [1.165, 1.54) is 12.7 Å². The van der Waals surface area contributed by atoms with Crippen molar-refractivity contribution in [1.29, 1.82) is 0 Å². The number of rotatable bonds is 1. The Morgan fingerprint density at radius 1 is 1.12 bits per heavy atom. The first kappa shape index (κ1) is 15.9. The molecule has 2 aromatic carbocycles. The molecule has 0 saturated carbocycles. The molecule has 120 valence electrons. The van der Waals surface area contributed by atoms with Crippen LogP contribution >= 0.6 is 0 Å². The summed E-state index contributed by atoms with van der Waals surface area (Å²) in [6, 6.07) is 15.9. The number of hydrogen-bond acceptors (Lipinski definition) is 2. The first-order valence-electron chi connectivity index (χ1n) is 7.87. The predicted octanol–water partition coefficient (Wildman–Crippen LogP) is 4.09. The SMILES string of the molecule is COC(=O)N[C@@H]1c2ccccc2C=C[C@@H]1C#Cc1ccc(C)cc1. The Morgan fingerprint density at radius 2 is 1.88 bits per heavy atom. The van der Waals surface area contributed by atoms with Crippen LogP contribution in [0.15, 0.2) is 54.6 Å². The number of hydrogen-bond donors (Lipinski definition) is 1. The van der Waals surface area contributed by atoms with Crippen LogP contribution in [0.4, 0.5) is 4.79 Å². The fourth-order valence-corrected chi connectivity index (χ4v) is 2.75. The summed E-state index contributed by atoms with van der Waals surface area (Å²) in [6.45, 7) is 2.05. The molecule has 0 heterocycles. The van der Waals surface area contributed by atoms with Gasteiger partial charge >= 0.3 is 6.09 Å². The molecule has 1 N–H and O–H groups in total. The fraction of sp³-hybridized carbons (Fsp3) is 0.190. The van der Waals surface area contributed by atoms with Gasteiger partial charge in [0.15, 0.2) is 0 Å². The molecule has 1 aliphatic rings. The number of benzene rings is 2. The zero-order chi connectivity index (χ0) is 16.9. The second-order valence-corrected chi connectivity index (χ2v) is 5.76. The normalized spacial score (nSPS) is 18.1. The van der Waals surface area contributed by atoms with Crippen molar-refractivity contribution in [1.82, 2.24) is 5.32 Å². The summed E-state index contributed by atoms with van der Waals surface area (Å²) >= 11 is 0. The van der Waals surface area contributed by atoms with Gasteiger partial charge in [0.05, 0.1) is 19.1 Å². The summed E-state index contributed by atoms with van der Waals surface area (Å²) in [5.74, 6) is 6.36. The maximum atomic E-state index is 11.7. The molecule has 24 heavy (non-hydrogen) atoms. The van der Waals surface area contributed by atoms with Gasteiger partial charge < -0.3 is 10.1 Å². The Labute approximate surface area is 142 Å². The average molecular weight is 317 g/mol. The largest absolute Gasteiger partial charge is 0.453 e. The quantitative estimate of drug-likeness (QED) is 0.805. The third kappa shape index (κ3) is 3.49. The minimum Gasteiger partial charge on any atom is -0.453 e. The number of aryl methyl sites for hydroxylation is 1. The Bertz CT molecular complexity index is 825. The van der Waals surface area contributed by atoms with Crippen molar-refractivity contribution in [3.8, 4) is 11.8 Å². The molecular weight excluding hydrogens is 298 g/mol. The molecule has 0 spiro atoms. The van der Waals surface area contributed by atoms with Gasteiger partial charge in [0.25, 0.3) is 0 Å². The van der Waals surface area contributed by atoms with Gasteiger partial charge in [-0.15, -0.1) is 0 Å². The lowest BCUT2D eigenvalue weighted by Crippen LogP contribution is -2.34. The van der Waals surface area contributed by atoms with Gasteiger partial charge in [-0.25, -0.2) is 4.79 Å². The van der Waals surface area contributed by atoms with E-state index in [4.69, 9.17) is 4.74 Å². The van der Waals surface area contributed by atoms with Gasteiger partial charge in [-0.1, -0.05) is 66.0 Å². The molecule has 3 rings (SSSR count). The van der Waals surface area contributed by atoms with Crippen molar-refractivity contribution >= 4 is 12.2 Å². The molecule has 0 aliphatic heterocycles. The minimum atomic E-state index is -0.452. The van der Waals surface area contributed by atoms with Crippen molar-refractivity contribution in [3.05, 3.63) is 76.9 Å². The van der Waals surface area contributed by atoms with E-state index < -0.39 is 6.09 Å². The van der Waals surface area contributed by atoms with Crippen LogP contribution in [0.5, 0.6) is 0 Å². The van der Waals surface area contributed by atoms with Gasteiger partial charge in [-0.2, -0.15) is 0 Å². The van der Waals surface area contributed by atoms with Crippen LogP contribution in [0.3, 0.4) is 0 Å². The first-order chi connectivity index (χ1) is 11.7. The molecule has 2 aromatic rings. The van der Waals surface area contributed by atoms with E-state index in [2.05, 4.69) is 23.2 Å². The van der Waals surface area contributed by atoms with Crippen molar-refractivity contribution in [3.63, 3.8) is 0 Å². The molecule has 0 fully saturated rings. The van der Waals surface area contributed by atoms with Crippen molar-refractivity contribution in [2.24, 2.45) is 5.92 Å². The van der Waals surface area contributed by atoms with Crippen LogP contribution in [0.1, 0.15) is 28.3 Å². The number of methoxy groups -OCH3 is 1. The number of fused-ring (bicyclic) bond motifs is 1. The highest BCUT2D eigenvalue weighted by molar-refractivity contribution is 5.70. The lowest BCUT2D eigenvalue weighted by atomic mass is 9.85. The highest BCUT2D eigenvalue weighted by Gasteiger charge is 2.26. The van der Waals surface area contributed by atoms with Crippen LogP contribution < -0.4 is 5.32 Å². The lowest BCUT2D eigenvalue weighted by molar-refractivity contribution is 0.165. The number of alkyl carbamates (subject to hydrolysis) is 1. The standard InChI is InChI=1S/C21H19NO2/c1-15-7-9-16(10-8-15)11-12-18-14-13-17-5-3-4-6-19(17)20(18)22-21(23)24-2/h3-10,13-14,18,20H,1-2H3,(H,22,23)/t18-,20-/m0/s1. The predicted molar refractivity (Wildman–Crippen MR) is 95.3 cm³/mol. The third-order valence-electron chi connectivity index (χ3n) is 4.07. The van der Waals surface area contributed by atoms with Gasteiger partial charge in [0.1, 0.15) is 0 Å². The van der Waals surface area contributed by atoms with Gasteiger partial charge in [0, 0.05) is 5.56 Å². The summed E-state index contributed by atoms with van der Waals surface area (Å²) in [5.41, 5.74) is 4.31. The number of carbonyl (C=O) groups excluding carboxylic acids is 1. The summed E-state index contributed by atoms with van der Waals surface area (Å²) < 4.78 is 4.77. The highest BCUT2D eigenvalue weighted by Crippen LogP contribution is 2.32. The van der Waals surface area contributed by atoms with E-state index in [0.29, 0.717) is 0 Å². The Hall–Kier alpha value is -2.99. The second kappa shape index (κ2) is 7.06. The molecular formula is C21H19NO2. The molecule has 0 aromatic heterocycles. The smallest absolute Gasteiger partial charge is 0.407 e. The van der Waals surface area contributed by atoms with E-state index in [0.717, 1.165) is 16.7 Å². The minimum absolute atomic E-state index is 0.111. The van der Waals surface area contributed by atoms with Crippen molar-refractivity contribution in [2.75, 3.05) is 7.11 Å². The fourth-order valence-electron chi connectivity index (χ4n) is 2.75. The van der Waals surface area contributed by atoms with E-state index in [9.17, 15) is 4.79 Å². The molecule has 0 radical (unpaired) electrons. The summed E-state index contributed by atoms with van der Waals surface area (Å²) in [7, 11) is 1.37. The van der Waals surface area contributed by atoms with Gasteiger partial charge in [0.2, 0.25) is 0 Å². The number of amides is 1. The van der Waals surface area contributed by atoms with Gasteiger partial charge in [-0.3, -0.25) is 0 Å². The Balaban J connectivity index is 1.91. The van der Waals surface area contributed by atoms with Crippen LogP contribution in [0.2, 0.25) is 0 Å². The highest BCUT2D eigenvalue weighted by atomic mass is 16.5. The summed E-state index contributed by atoms with van der Waals surface area (Å²) in [6.07, 6.45) is 3.64. The van der Waals surface area contributed by atoms with Crippen molar-refractivity contribution < 1.29 is 9.53 Å². The summed E-state index contributed by atoms with van der Waals surface area (Å²) in [4.78, 5) is 11.7. The van der Waals surface area contributed by atoms with E-state index in [1.54, 1.807) is 0 Å². The molecule has 0 unspecified atom stereocenters.